The first-order valence-corrected chi connectivity index (χ1v) is 6.18. The molecule has 0 saturated carbocycles. The standard InChI is InChI=1S/C15H20N2O2/c1-12-7-8-14(16-15(19)11-17(2)3)10-13(12)6-4-5-9-18/h7-8,10,18H,5,9,11H2,1-3H3,(H,16,19). The first kappa shape index (κ1) is 15.2. The second-order valence-corrected chi connectivity index (χ2v) is 4.59. The minimum atomic E-state index is -0.0527. The maximum absolute atomic E-state index is 11.7. The van der Waals surface area contributed by atoms with Gasteiger partial charge in [-0.25, -0.2) is 0 Å². The van der Waals surface area contributed by atoms with Gasteiger partial charge in [-0.15, -0.1) is 0 Å². The van der Waals surface area contributed by atoms with E-state index >= 15 is 0 Å². The maximum atomic E-state index is 11.7. The van der Waals surface area contributed by atoms with Crippen molar-refractivity contribution in [2.24, 2.45) is 0 Å². The van der Waals surface area contributed by atoms with Crippen molar-refractivity contribution in [3.63, 3.8) is 0 Å². The van der Waals surface area contributed by atoms with Crippen molar-refractivity contribution in [3.05, 3.63) is 29.3 Å². The molecule has 0 saturated heterocycles. The van der Waals surface area contributed by atoms with E-state index < -0.39 is 0 Å². The van der Waals surface area contributed by atoms with Crippen molar-refractivity contribution in [1.82, 2.24) is 4.90 Å². The number of likely N-dealkylation sites (N-methyl/N-ethyl adjacent to an activating group) is 1. The lowest BCUT2D eigenvalue weighted by atomic mass is 10.1. The van der Waals surface area contributed by atoms with Crippen molar-refractivity contribution in [1.29, 1.82) is 0 Å². The van der Waals surface area contributed by atoms with Crippen LogP contribution >= 0.6 is 0 Å². The Morgan fingerprint density at radius 2 is 2.16 bits per heavy atom. The fourth-order valence-corrected chi connectivity index (χ4v) is 1.54. The first-order valence-electron chi connectivity index (χ1n) is 6.18. The van der Waals surface area contributed by atoms with Gasteiger partial charge >= 0.3 is 0 Å². The molecule has 0 fully saturated rings. The molecule has 0 bridgehead atoms. The van der Waals surface area contributed by atoms with Crippen molar-refractivity contribution in [2.45, 2.75) is 13.3 Å². The SMILES string of the molecule is Cc1ccc(NC(=O)CN(C)C)cc1C#CCCO. The minimum absolute atomic E-state index is 0.0527. The lowest BCUT2D eigenvalue weighted by Gasteiger charge is -2.10. The average molecular weight is 260 g/mol. The highest BCUT2D eigenvalue weighted by molar-refractivity contribution is 5.92. The zero-order valence-electron chi connectivity index (χ0n) is 11.7. The molecule has 0 spiro atoms. The third-order valence-electron chi connectivity index (χ3n) is 2.44. The van der Waals surface area contributed by atoms with Crippen LogP contribution in [0.3, 0.4) is 0 Å². The van der Waals surface area contributed by atoms with Crippen LogP contribution in [0, 0.1) is 18.8 Å². The predicted molar refractivity (Wildman–Crippen MR) is 76.9 cm³/mol. The van der Waals surface area contributed by atoms with Gasteiger partial charge in [0.15, 0.2) is 0 Å². The Labute approximate surface area is 114 Å². The summed E-state index contributed by atoms with van der Waals surface area (Å²) in [5, 5.41) is 11.5. The summed E-state index contributed by atoms with van der Waals surface area (Å²) in [6, 6.07) is 5.64. The summed E-state index contributed by atoms with van der Waals surface area (Å²) in [6.07, 6.45) is 0.455. The number of hydrogen-bond donors (Lipinski definition) is 2. The summed E-state index contributed by atoms with van der Waals surface area (Å²) in [7, 11) is 3.70. The summed E-state index contributed by atoms with van der Waals surface area (Å²) in [4.78, 5) is 13.5. The fourth-order valence-electron chi connectivity index (χ4n) is 1.54. The first-order chi connectivity index (χ1) is 9.02. The van der Waals surface area contributed by atoms with E-state index in [1.165, 1.54) is 0 Å². The van der Waals surface area contributed by atoms with Gasteiger partial charge in [0.2, 0.25) is 5.91 Å². The Hall–Kier alpha value is -1.83. The Bertz CT molecular complexity index is 499. The number of anilines is 1. The Kier molecular flexibility index (Phi) is 6.07. The molecule has 4 nitrogen and oxygen atoms in total. The van der Waals surface area contributed by atoms with Gasteiger partial charge in [0.05, 0.1) is 13.2 Å². The van der Waals surface area contributed by atoms with Gasteiger partial charge < -0.3 is 15.3 Å². The van der Waals surface area contributed by atoms with Crippen LogP contribution in [-0.4, -0.2) is 43.2 Å². The zero-order valence-corrected chi connectivity index (χ0v) is 11.7. The fraction of sp³-hybridized carbons (Fsp3) is 0.400. The van der Waals surface area contributed by atoms with Gasteiger partial charge in [-0.05, 0) is 38.7 Å². The van der Waals surface area contributed by atoms with Crippen molar-refractivity contribution < 1.29 is 9.90 Å². The van der Waals surface area contributed by atoms with Crippen LogP contribution in [0.2, 0.25) is 0 Å². The second-order valence-electron chi connectivity index (χ2n) is 4.59. The lowest BCUT2D eigenvalue weighted by molar-refractivity contribution is -0.116. The Morgan fingerprint density at radius 3 is 2.79 bits per heavy atom. The molecule has 1 amide bonds. The molecule has 0 aromatic heterocycles. The second kappa shape index (κ2) is 7.57. The van der Waals surface area contributed by atoms with E-state index in [1.807, 2.05) is 44.1 Å². The van der Waals surface area contributed by atoms with E-state index in [9.17, 15) is 4.79 Å². The van der Waals surface area contributed by atoms with Crippen molar-refractivity contribution in [3.8, 4) is 11.8 Å². The number of rotatable bonds is 4. The third-order valence-corrected chi connectivity index (χ3v) is 2.44. The number of aliphatic hydroxyl groups is 1. The van der Waals surface area contributed by atoms with Gasteiger partial charge in [-0.2, -0.15) is 0 Å². The van der Waals surface area contributed by atoms with Crippen LogP contribution in [0.1, 0.15) is 17.5 Å². The number of carbonyl (C=O) groups excluding carboxylic acids is 1. The molecule has 0 aliphatic heterocycles. The summed E-state index contributed by atoms with van der Waals surface area (Å²) < 4.78 is 0. The van der Waals surface area contributed by atoms with Gasteiger partial charge in [0, 0.05) is 17.7 Å². The average Bonchev–Trinajstić information content (AvgIpc) is 2.32. The molecule has 0 aliphatic rings. The van der Waals surface area contributed by atoms with Crippen LogP contribution in [0.25, 0.3) is 0 Å². The van der Waals surface area contributed by atoms with Crippen LogP contribution in [0.4, 0.5) is 5.69 Å². The number of nitrogens with one attached hydrogen (secondary N) is 1. The minimum Gasteiger partial charge on any atom is -0.395 e. The van der Waals surface area contributed by atoms with E-state index in [4.69, 9.17) is 5.11 Å². The predicted octanol–water partition coefficient (Wildman–Crippen LogP) is 1.23. The van der Waals surface area contributed by atoms with Crippen LogP contribution in [-0.2, 0) is 4.79 Å². The molecule has 1 aromatic carbocycles. The van der Waals surface area contributed by atoms with E-state index in [0.29, 0.717) is 13.0 Å². The summed E-state index contributed by atoms with van der Waals surface area (Å²) in [6.45, 7) is 2.37. The molecular formula is C15H20N2O2. The molecule has 19 heavy (non-hydrogen) atoms. The smallest absolute Gasteiger partial charge is 0.238 e. The number of hydrogen-bond acceptors (Lipinski definition) is 3. The highest BCUT2D eigenvalue weighted by atomic mass is 16.2. The number of carbonyl (C=O) groups is 1. The third kappa shape index (κ3) is 5.56. The molecule has 4 heteroatoms. The molecule has 0 unspecified atom stereocenters. The molecule has 0 heterocycles. The number of aryl methyl sites for hydroxylation is 1. The van der Waals surface area contributed by atoms with E-state index in [0.717, 1.165) is 16.8 Å². The van der Waals surface area contributed by atoms with Crippen LogP contribution in [0.15, 0.2) is 18.2 Å². The van der Waals surface area contributed by atoms with E-state index in [-0.39, 0.29) is 12.5 Å². The number of benzene rings is 1. The lowest BCUT2D eigenvalue weighted by Crippen LogP contribution is -2.27. The summed E-state index contributed by atoms with van der Waals surface area (Å²) >= 11 is 0. The normalized spacial score (nSPS) is 9.95. The number of aliphatic hydroxyl groups excluding tert-OH is 1. The zero-order chi connectivity index (χ0) is 14.3. The quantitative estimate of drug-likeness (QED) is 0.801. The summed E-state index contributed by atoms with van der Waals surface area (Å²) in [5.74, 6) is 5.83. The molecule has 1 rings (SSSR count). The Balaban J connectivity index is 2.79. The molecule has 0 radical (unpaired) electrons. The van der Waals surface area contributed by atoms with Crippen LogP contribution < -0.4 is 5.32 Å². The number of amides is 1. The van der Waals surface area contributed by atoms with Crippen LogP contribution in [0.5, 0.6) is 0 Å². The van der Waals surface area contributed by atoms with Gasteiger partial charge in [0.1, 0.15) is 0 Å². The molecule has 0 aliphatic carbocycles. The molecule has 0 atom stereocenters. The highest BCUT2D eigenvalue weighted by Gasteiger charge is 2.04. The molecule has 102 valence electrons. The molecule has 1 aromatic rings. The van der Waals surface area contributed by atoms with Crippen molar-refractivity contribution in [2.75, 3.05) is 32.6 Å². The number of nitrogens with zero attached hydrogens (tertiary/aromatic N) is 1. The summed E-state index contributed by atoms with van der Waals surface area (Å²) in [5.41, 5.74) is 2.66. The highest BCUT2D eigenvalue weighted by Crippen LogP contribution is 2.14. The van der Waals surface area contributed by atoms with E-state index in [2.05, 4.69) is 17.2 Å². The molecule has 2 N–H and O–H groups in total. The van der Waals surface area contributed by atoms with Gasteiger partial charge in [0.25, 0.3) is 0 Å². The molecular weight excluding hydrogens is 240 g/mol. The maximum Gasteiger partial charge on any atom is 0.238 e. The topological polar surface area (TPSA) is 52.6 Å². The van der Waals surface area contributed by atoms with E-state index in [1.54, 1.807) is 0 Å². The Morgan fingerprint density at radius 1 is 1.42 bits per heavy atom. The van der Waals surface area contributed by atoms with Crippen molar-refractivity contribution >= 4 is 11.6 Å². The largest absolute Gasteiger partial charge is 0.395 e. The van der Waals surface area contributed by atoms with Gasteiger partial charge in [-0.1, -0.05) is 17.9 Å². The monoisotopic (exact) mass is 260 g/mol. The van der Waals surface area contributed by atoms with Gasteiger partial charge in [-0.3, -0.25) is 4.79 Å².